The second-order valence-corrected chi connectivity index (χ2v) is 5.30. The fourth-order valence-electron chi connectivity index (χ4n) is 2.86. The van der Waals surface area contributed by atoms with Gasteiger partial charge >= 0.3 is 0 Å². The molecule has 110 valence electrons. The van der Waals surface area contributed by atoms with E-state index in [0.717, 1.165) is 39.3 Å². The third kappa shape index (κ3) is 1.96. The third-order valence-electron chi connectivity index (χ3n) is 3.98. The fraction of sp³-hybridized carbons (Fsp3) is 0.167. The number of pyridine rings is 1. The number of ether oxygens (including phenoxy) is 3. The number of hydrogen-bond acceptors (Lipinski definition) is 3. The first-order valence-corrected chi connectivity index (χ1v) is 7.13. The maximum Gasteiger partial charge on any atom is 0.231 e. The Kier molecular flexibility index (Phi) is 2.89. The van der Waals surface area contributed by atoms with E-state index in [9.17, 15) is 0 Å². The van der Waals surface area contributed by atoms with Crippen molar-refractivity contribution >= 4 is 10.8 Å². The Labute approximate surface area is 128 Å². The van der Waals surface area contributed by atoms with E-state index in [2.05, 4.69) is 29.0 Å². The molecule has 1 aliphatic heterocycles. The number of hydrogen-bond donors (Lipinski definition) is 0. The van der Waals surface area contributed by atoms with E-state index < -0.39 is 0 Å². The average molecular weight is 294 g/mol. The number of fused-ring (bicyclic) bond motifs is 2. The molecular weight excluding hydrogens is 278 g/mol. The predicted molar refractivity (Wildman–Crippen MR) is 83.2 cm³/mol. The predicted octanol–water partition coefficient (Wildman–Crippen LogP) is 3.07. The van der Waals surface area contributed by atoms with Gasteiger partial charge in [0.15, 0.2) is 17.7 Å². The van der Waals surface area contributed by atoms with Gasteiger partial charge in [-0.1, -0.05) is 12.1 Å². The molecule has 0 N–H and O–H groups in total. The molecule has 0 amide bonds. The Bertz CT molecular complexity index is 874. The smallest absolute Gasteiger partial charge is 0.231 e. The molecule has 0 atom stereocenters. The van der Waals surface area contributed by atoms with E-state index in [0.29, 0.717) is 6.79 Å². The first-order chi connectivity index (χ1) is 10.8. The van der Waals surface area contributed by atoms with Crippen molar-refractivity contribution in [2.75, 3.05) is 13.9 Å². The van der Waals surface area contributed by atoms with E-state index in [-0.39, 0.29) is 0 Å². The SMILES string of the molecule is COc1cccc2cc(-c3ccc4c(c3)OCO4)[n+](C)cc12. The van der Waals surface area contributed by atoms with Crippen LogP contribution in [0.2, 0.25) is 0 Å². The highest BCUT2D eigenvalue weighted by Crippen LogP contribution is 2.36. The van der Waals surface area contributed by atoms with Crippen molar-refractivity contribution in [3.8, 4) is 28.5 Å². The van der Waals surface area contributed by atoms with Crippen LogP contribution < -0.4 is 18.8 Å². The summed E-state index contributed by atoms with van der Waals surface area (Å²) < 4.78 is 18.4. The minimum Gasteiger partial charge on any atom is -0.496 e. The molecule has 1 aromatic heterocycles. The number of methoxy groups -OCH3 is 1. The molecule has 0 spiro atoms. The summed E-state index contributed by atoms with van der Waals surface area (Å²) in [5, 5.41) is 2.24. The van der Waals surface area contributed by atoms with Crippen LogP contribution in [0.4, 0.5) is 0 Å². The van der Waals surface area contributed by atoms with Crippen molar-refractivity contribution in [1.29, 1.82) is 0 Å². The van der Waals surface area contributed by atoms with Gasteiger partial charge in [-0.15, -0.1) is 0 Å². The lowest BCUT2D eigenvalue weighted by molar-refractivity contribution is -0.659. The Balaban J connectivity index is 1.90. The van der Waals surface area contributed by atoms with Gasteiger partial charge in [0.1, 0.15) is 12.8 Å². The maximum absolute atomic E-state index is 5.47. The van der Waals surface area contributed by atoms with Crippen LogP contribution in [0.15, 0.2) is 48.7 Å². The van der Waals surface area contributed by atoms with E-state index in [1.165, 1.54) is 0 Å². The summed E-state index contributed by atoms with van der Waals surface area (Å²) in [4.78, 5) is 0. The lowest BCUT2D eigenvalue weighted by atomic mass is 10.1. The van der Waals surface area contributed by atoms with Gasteiger partial charge in [0, 0.05) is 6.07 Å². The molecule has 3 aromatic rings. The number of aromatic nitrogens is 1. The van der Waals surface area contributed by atoms with Crippen LogP contribution in [0, 0.1) is 0 Å². The number of benzene rings is 2. The minimum absolute atomic E-state index is 0.291. The molecule has 0 bridgehead atoms. The van der Waals surface area contributed by atoms with Crippen LogP contribution >= 0.6 is 0 Å². The van der Waals surface area contributed by atoms with Crippen molar-refractivity contribution in [2.24, 2.45) is 7.05 Å². The zero-order chi connectivity index (χ0) is 15.1. The molecule has 2 aromatic carbocycles. The Hall–Kier alpha value is -2.75. The van der Waals surface area contributed by atoms with E-state index in [1.54, 1.807) is 7.11 Å². The number of nitrogens with zero attached hydrogens (tertiary/aromatic N) is 1. The Morgan fingerprint density at radius 2 is 1.91 bits per heavy atom. The molecule has 4 heteroatoms. The topological polar surface area (TPSA) is 31.6 Å². The molecule has 0 saturated carbocycles. The van der Waals surface area contributed by atoms with Crippen LogP contribution in [0.3, 0.4) is 0 Å². The summed E-state index contributed by atoms with van der Waals surface area (Å²) in [5.74, 6) is 2.47. The van der Waals surface area contributed by atoms with Gasteiger partial charge in [0.25, 0.3) is 0 Å². The van der Waals surface area contributed by atoms with Gasteiger partial charge in [0.05, 0.1) is 18.1 Å². The maximum atomic E-state index is 5.47. The monoisotopic (exact) mass is 294 g/mol. The minimum atomic E-state index is 0.291. The van der Waals surface area contributed by atoms with Crippen LogP contribution in [-0.2, 0) is 7.05 Å². The van der Waals surface area contributed by atoms with Gasteiger partial charge in [0.2, 0.25) is 12.5 Å². The van der Waals surface area contributed by atoms with Crippen molar-refractivity contribution in [3.63, 3.8) is 0 Å². The molecule has 0 radical (unpaired) electrons. The summed E-state index contributed by atoms with van der Waals surface area (Å²) >= 11 is 0. The van der Waals surface area contributed by atoms with E-state index >= 15 is 0 Å². The fourth-order valence-corrected chi connectivity index (χ4v) is 2.86. The van der Waals surface area contributed by atoms with E-state index in [4.69, 9.17) is 14.2 Å². The van der Waals surface area contributed by atoms with Crippen LogP contribution in [0.1, 0.15) is 0 Å². The highest BCUT2D eigenvalue weighted by Gasteiger charge is 2.18. The standard InChI is InChI=1S/C18H16NO3/c1-19-10-14-12(4-3-5-16(14)20-2)8-15(19)13-6-7-17-18(9-13)22-11-21-17/h3-10H,11H2,1-2H3/q+1. The molecule has 0 saturated heterocycles. The highest BCUT2D eigenvalue weighted by atomic mass is 16.7. The van der Waals surface area contributed by atoms with Crippen LogP contribution in [-0.4, -0.2) is 13.9 Å². The second-order valence-electron chi connectivity index (χ2n) is 5.30. The lowest BCUT2D eigenvalue weighted by Gasteiger charge is -2.07. The summed E-state index contributed by atoms with van der Waals surface area (Å²) in [6.07, 6.45) is 2.09. The largest absolute Gasteiger partial charge is 0.496 e. The zero-order valence-electron chi connectivity index (χ0n) is 12.5. The number of aryl methyl sites for hydroxylation is 1. The van der Waals surface area contributed by atoms with Crippen LogP contribution in [0.25, 0.3) is 22.0 Å². The van der Waals surface area contributed by atoms with Crippen molar-refractivity contribution in [2.45, 2.75) is 0 Å². The summed E-state index contributed by atoms with van der Waals surface area (Å²) in [7, 11) is 3.73. The first kappa shape index (κ1) is 13.0. The average Bonchev–Trinajstić information content (AvgIpc) is 3.01. The van der Waals surface area contributed by atoms with Crippen molar-refractivity contribution in [3.05, 3.63) is 48.7 Å². The summed E-state index contributed by atoms with van der Waals surface area (Å²) in [6, 6.07) is 14.3. The molecule has 0 fully saturated rings. The normalized spacial score (nSPS) is 12.6. The molecule has 4 rings (SSSR count). The lowest BCUT2D eigenvalue weighted by Crippen LogP contribution is -2.30. The van der Waals surface area contributed by atoms with Crippen molar-refractivity contribution < 1.29 is 18.8 Å². The molecule has 0 aliphatic carbocycles. The number of rotatable bonds is 2. The molecule has 22 heavy (non-hydrogen) atoms. The first-order valence-electron chi connectivity index (χ1n) is 7.13. The second kappa shape index (κ2) is 4.91. The Morgan fingerprint density at radius 1 is 1.05 bits per heavy atom. The van der Waals surface area contributed by atoms with Crippen molar-refractivity contribution in [1.82, 2.24) is 0 Å². The molecule has 2 heterocycles. The third-order valence-corrected chi connectivity index (χ3v) is 3.98. The quantitative estimate of drug-likeness (QED) is 0.681. The zero-order valence-corrected chi connectivity index (χ0v) is 12.5. The van der Waals surface area contributed by atoms with Gasteiger partial charge in [-0.25, -0.2) is 4.57 Å². The molecule has 0 unspecified atom stereocenters. The van der Waals surface area contributed by atoms with Gasteiger partial charge in [-0.3, -0.25) is 0 Å². The van der Waals surface area contributed by atoms with Gasteiger partial charge < -0.3 is 14.2 Å². The Morgan fingerprint density at radius 3 is 2.77 bits per heavy atom. The van der Waals surface area contributed by atoms with E-state index in [1.807, 2.05) is 31.3 Å². The summed E-state index contributed by atoms with van der Waals surface area (Å²) in [5.41, 5.74) is 2.20. The highest BCUT2D eigenvalue weighted by molar-refractivity contribution is 5.89. The van der Waals surface area contributed by atoms with Gasteiger partial charge in [-0.05, 0) is 29.7 Å². The van der Waals surface area contributed by atoms with Crippen LogP contribution in [0.5, 0.6) is 17.2 Å². The van der Waals surface area contributed by atoms with Gasteiger partial charge in [-0.2, -0.15) is 0 Å². The molecule has 4 nitrogen and oxygen atoms in total. The summed E-state index contributed by atoms with van der Waals surface area (Å²) in [6.45, 7) is 0.291. The molecule has 1 aliphatic rings. The molecular formula is C18H16NO3+.